The molecule has 4 rings (SSSR count). The predicted octanol–water partition coefficient (Wildman–Crippen LogP) is 2.93. The first kappa shape index (κ1) is 15.8. The van der Waals surface area contributed by atoms with Gasteiger partial charge in [-0.1, -0.05) is 0 Å². The summed E-state index contributed by atoms with van der Waals surface area (Å²) in [4.78, 5) is 18.5. The highest BCUT2D eigenvalue weighted by Gasteiger charge is 2.23. The lowest BCUT2D eigenvalue weighted by Gasteiger charge is -2.33. The standard InChI is InChI=1S/C18H19N5OS/c24-18(14-5-9-25-12-14)20-15-2-1-8-23(11-15)17-10-16(21-22-17)13-3-6-19-7-4-13/h3-7,9-10,12,15H,1-2,8,11H2,(H,20,24)(H,21,22). The number of carbonyl (C=O) groups excluding carboxylic acids is 1. The van der Waals surface area contributed by atoms with Crippen molar-refractivity contribution in [1.82, 2.24) is 20.5 Å². The van der Waals surface area contributed by atoms with E-state index in [2.05, 4.69) is 31.5 Å². The van der Waals surface area contributed by atoms with Gasteiger partial charge in [0.15, 0.2) is 5.82 Å². The third kappa shape index (κ3) is 3.56. The van der Waals surface area contributed by atoms with Crippen LogP contribution in [0, 0.1) is 0 Å². The summed E-state index contributed by atoms with van der Waals surface area (Å²) >= 11 is 1.54. The van der Waals surface area contributed by atoms with Gasteiger partial charge in [0, 0.05) is 54.1 Å². The Morgan fingerprint density at radius 1 is 1.32 bits per heavy atom. The highest BCUT2D eigenvalue weighted by atomic mass is 32.1. The maximum absolute atomic E-state index is 12.3. The SMILES string of the molecule is O=C(NC1CCCN(c2cc(-c3ccncc3)[nH]n2)C1)c1ccsc1. The number of nitrogens with one attached hydrogen (secondary N) is 2. The van der Waals surface area contributed by atoms with E-state index in [1.807, 2.05) is 29.0 Å². The molecule has 1 amide bonds. The average Bonchev–Trinajstić information content (AvgIpc) is 3.35. The first-order valence-corrected chi connectivity index (χ1v) is 9.28. The molecule has 128 valence electrons. The van der Waals surface area contributed by atoms with Crippen LogP contribution in [-0.2, 0) is 0 Å². The molecule has 1 atom stereocenters. The minimum Gasteiger partial charge on any atom is -0.353 e. The van der Waals surface area contributed by atoms with Crippen molar-refractivity contribution >= 4 is 23.1 Å². The van der Waals surface area contributed by atoms with Crippen LogP contribution in [0.5, 0.6) is 0 Å². The lowest BCUT2D eigenvalue weighted by Crippen LogP contribution is -2.47. The van der Waals surface area contributed by atoms with Crippen LogP contribution in [0.25, 0.3) is 11.3 Å². The van der Waals surface area contributed by atoms with Gasteiger partial charge in [-0.3, -0.25) is 14.9 Å². The molecule has 3 aromatic rings. The number of piperidine rings is 1. The van der Waals surface area contributed by atoms with Crippen LogP contribution in [-0.4, -0.2) is 40.2 Å². The first-order valence-electron chi connectivity index (χ1n) is 8.33. The lowest BCUT2D eigenvalue weighted by molar-refractivity contribution is 0.0933. The van der Waals surface area contributed by atoms with Gasteiger partial charge in [0.25, 0.3) is 5.91 Å². The van der Waals surface area contributed by atoms with Crippen LogP contribution in [0.15, 0.2) is 47.4 Å². The molecule has 1 unspecified atom stereocenters. The topological polar surface area (TPSA) is 73.9 Å². The van der Waals surface area contributed by atoms with Crippen LogP contribution in [0.3, 0.4) is 0 Å². The van der Waals surface area contributed by atoms with E-state index < -0.39 is 0 Å². The van der Waals surface area contributed by atoms with Crippen molar-refractivity contribution in [2.45, 2.75) is 18.9 Å². The van der Waals surface area contributed by atoms with Gasteiger partial charge in [-0.15, -0.1) is 0 Å². The van der Waals surface area contributed by atoms with E-state index >= 15 is 0 Å². The zero-order valence-corrected chi connectivity index (χ0v) is 14.5. The first-order chi connectivity index (χ1) is 12.3. The molecule has 1 aliphatic heterocycles. The molecule has 1 saturated heterocycles. The maximum atomic E-state index is 12.3. The molecule has 2 N–H and O–H groups in total. The molecule has 1 fully saturated rings. The molecule has 0 saturated carbocycles. The van der Waals surface area contributed by atoms with Crippen LogP contribution in [0.4, 0.5) is 5.82 Å². The zero-order chi connectivity index (χ0) is 17.1. The van der Waals surface area contributed by atoms with Gasteiger partial charge >= 0.3 is 0 Å². The maximum Gasteiger partial charge on any atom is 0.252 e. The number of amides is 1. The minimum absolute atomic E-state index is 0.00704. The molecule has 0 aliphatic carbocycles. The number of nitrogens with zero attached hydrogens (tertiary/aromatic N) is 3. The summed E-state index contributed by atoms with van der Waals surface area (Å²) in [5, 5.41) is 14.5. The summed E-state index contributed by atoms with van der Waals surface area (Å²) in [5.41, 5.74) is 2.77. The Hall–Kier alpha value is -2.67. The van der Waals surface area contributed by atoms with Crippen molar-refractivity contribution in [2.75, 3.05) is 18.0 Å². The summed E-state index contributed by atoms with van der Waals surface area (Å²) in [6.45, 7) is 1.72. The van der Waals surface area contributed by atoms with Crippen molar-refractivity contribution < 1.29 is 4.79 Å². The molecule has 0 radical (unpaired) electrons. The van der Waals surface area contributed by atoms with Gasteiger partial charge < -0.3 is 10.2 Å². The Kier molecular flexibility index (Phi) is 4.47. The van der Waals surface area contributed by atoms with Crippen LogP contribution >= 0.6 is 11.3 Å². The summed E-state index contributed by atoms with van der Waals surface area (Å²) in [7, 11) is 0. The summed E-state index contributed by atoms with van der Waals surface area (Å²) in [6, 6.07) is 7.96. The number of hydrogen-bond acceptors (Lipinski definition) is 5. The number of pyridine rings is 1. The highest BCUT2D eigenvalue weighted by Crippen LogP contribution is 2.24. The molecule has 7 heteroatoms. The number of hydrogen-bond donors (Lipinski definition) is 2. The Morgan fingerprint density at radius 2 is 2.20 bits per heavy atom. The van der Waals surface area contributed by atoms with E-state index in [4.69, 9.17) is 0 Å². The third-order valence-electron chi connectivity index (χ3n) is 4.42. The highest BCUT2D eigenvalue weighted by molar-refractivity contribution is 7.08. The lowest BCUT2D eigenvalue weighted by atomic mass is 10.1. The second-order valence-electron chi connectivity index (χ2n) is 6.15. The quantitative estimate of drug-likeness (QED) is 0.756. The summed E-state index contributed by atoms with van der Waals surface area (Å²) < 4.78 is 0. The van der Waals surface area contributed by atoms with Gasteiger partial charge in [-0.05, 0) is 36.4 Å². The van der Waals surface area contributed by atoms with Crippen molar-refractivity contribution in [3.8, 4) is 11.3 Å². The van der Waals surface area contributed by atoms with Crippen LogP contribution in [0.2, 0.25) is 0 Å². The fourth-order valence-corrected chi connectivity index (χ4v) is 3.75. The number of thiophene rings is 1. The third-order valence-corrected chi connectivity index (χ3v) is 5.10. The van der Waals surface area contributed by atoms with Gasteiger partial charge in [0.1, 0.15) is 0 Å². The largest absolute Gasteiger partial charge is 0.353 e. The molecule has 0 aromatic carbocycles. The molecule has 0 spiro atoms. The molecule has 1 aliphatic rings. The van der Waals surface area contributed by atoms with Crippen molar-refractivity contribution in [3.05, 3.63) is 53.0 Å². The number of anilines is 1. The second kappa shape index (κ2) is 7.06. The molecule has 25 heavy (non-hydrogen) atoms. The number of rotatable bonds is 4. The summed E-state index contributed by atoms with van der Waals surface area (Å²) in [5.74, 6) is 0.925. The number of H-pyrrole nitrogens is 1. The van der Waals surface area contributed by atoms with E-state index in [1.165, 1.54) is 11.3 Å². The monoisotopic (exact) mass is 353 g/mol. The Morgan fingerprint density at radius 3 is 3.00 bits per heavy atom. The number of aromatic nitrogens is 3. The van der Waals surface area contributed by atoms with Crippen LogP contribution in [0.1, 0.15) is 23.2 Å². The van der Waals surface area contributed by atoms with E-state index in [0.29, 0.717) is 0 Å². The molecule has 3 aromatic heterocycles. The fourth-order valence-electron chi connectivity index (χ4n) is 3.12. The molecule has 4 heterocycles. The Labute approximate surface area is 149 Å². The van der Waals surface area contributed by atoms with Crippen molar-refractivity contribution in [2.24, 2.45) is 0 Å². The smallest absolute Gasteiger partial charge is 0.252 e. The van der Waals surface area contributed by atoms with E-state index in [1.54, 1.807) is 12.4 Å². The molecular formula is C18H19N5OS. The predicted molar refractivity (Wildman–Crippen MR) is 98.8 cm³/mol. The Bertz CT molecular complexity index is 830. The number of aromatic amines is 1. The molecule has 0 bridgehead atoms. The van der Waals surface area contributed by atoms with Gasteiger partial charge in [0.05, 0.1) is 5.69 Å². The van der Waals surface area contributed by atoms with Gasteiger partial charge in [-0.2, -0.15) is 16.4 Å². The van der Waals surface area contributed by atoms with Crippen molar-refractivity contribution in [3.63, 3.8) is 0 Å². The second-order valence-corrected chi connectivity index (χ2v) is 6.93. The van der Waals surface area contributed by atoms with Gasteiger partial charge in [0.2, 0.25) is 0 Å². The Balaban J connectivity index is 1.43. The van der Waals surface area contributed by atoms with E-state index in [0.717, 1.165) is 48.6 Å². The number of carbonyl (C=O) groups is 1. The van der Waals surface area contributed by atoms with Gasteiger partial charge in [-0.25, -0.2) is 0 Å². The van der Waals surface area contributed by atoms with Crippen LogP contribution < -0.4 is 10.2 Å². The normalized spacial score (nSPS) is 17.4. The van der Waals surface area contributed by atoms with E-state index in [9.17, 15) is 4.79 Å². The van der Waals surface area contributed by atoms with Crippen molar-refractivity contribution in [1.29, 1.82) is 0 Å². The molecular weight excluding hydrogens is 334 g/mol. The molecule has 6 nitrogen and oxygen atoms in total. The summed E-state index contributed by atoms with van der Waals surface area (Å²) in [6.07, 6.45) is 5.57. The van der Waals surface area contributed by atoms with E-state index in [-0.39, 0.29) is 11.9 Å². The average molecular weight is 353 g/mol. The zero-order valence-electron chi connectivity index (χ0n) is 13.7. The minimum atomic E-state index is 0.00704. The fraction of sp³-hybridized carbons (Fsp3) is 0.278.